The molecule has 5 rings (SSSR count). The molecular weight excluding hydrogens is 360 g/mol. The molecule has 0 aliphatic heterocycles. The van der Waals surface area contributed by atoms with E-state index in [2.05, 4.69) is 6.92 Å². The molecule has 0 amide bonds. The Labute approximate surface area is 177 Å². The summed E-state index contributed by atoms with van der Waals surface area (Å²) in [5.74, 6) is 5.17. The van der Waals surface area contributed by atoms with Crippen molar-refractivity contribution in [1.82, 2.24) is 0 Å². The zero-order chi connectivity index (χ0) is 20.2. The zero-order valence-electron chi connectivity index (χ0n) is 19.0. The highest BCUT2D eigenvalue weighted by atomic mass is 16.7. The third-order valence-electron chi connectivity index (χ3n) is 11.0. The SMILES string of the molecule is COCO[C@@H]1CC[C@]2(C)C3CC[C@]45CCC[C@@H](C(C)=O)[C@H]4CCC5C3CC[C@H]2C1. The first kappa shape index (κ1) is 20.5. The molecule has 0 aromatic carbocycles. The molecule has 0 radical (unpaired) electrons. The van der Waals surface area contributed by atoms with Crippen molar-refractivity contribution in [2.75, 3.05) is 13.9 Å². The summed E-state index contributed by atoms with van der Waals surface area (Å²) >= 11 is 0. The monoisotopic (exact) mass is 402 g/mol. The Bertz CT molecular complexity index is 631. The quantitative estimate of drug-likeness (QED) is 0.541. The summed E-state index contributed by atoms with van der Waals surface area (Å²) in [4.78, 5) is 12.4. The van der Waals surface area contributed by atoms with Crippen LogP contribution in [0.15, 0.2) is 0 Å². The van der Waals surface area contributed by atoms with Crippen LogP contribution in [0.4, 0.5) is 0 Å². The largest absolute Gasteiger partial charge is 0.359 e. The average Bonchev–Trinajstić information content (AvgIpc) is 3.12. The molecule has 0 saturated heterocycles. The number of fused-ring (bicyclic) bond motifs is 4. The summed E-state index contributed by atoms with van der Waals surface area (Å²) < 4.78 is 11.1. The second kappa shape index (κ2) is 7.62. The highest BCUT2D eigenvalue weighted by Gasteiger charge is 2.63. The average molecular weight is 403 g/mol. The summed E-state index contributed by atoms with van der Waals surface area (Å²) in [7, 11) is 1.73. The smallest absolute Gasteiger partial charge is 0.146 e. The van der Waals surface area contributed by atoms with Gasteiger partial charge in [0.25, 0.3) is 0 Å². The Balaban J connectivity index is 1.35. The van der Waals surface area contributed by atoms with Crippen LogP contribution in [-0.2, 0) is 14.3 Å². The van der Waals surface area contributed by atoms with E-state index in [-0.39, 0.29) is 0 Å². The van der Waals surface area contributed by atoms with Crippen LogP contribution in [0.3, 0.4) is 0 Å². The van der Waals surface area contributed by atoms with Crippen molar-refractivity contribution >= 4 is 5.78 Å². The maximum Gasteiger partial charge on any atom is 0.146 e. The van der Waals surface area contributed by atoms with Crippen LogP contribution in [0.25, 0.3) is 0 Å². The molecule has 0 bridgehead atoms. The number of carbonyl (C=O) groups is 1. The summed E-state index contributed by atoms with van der Waals surface area (Å²) in [6.45, 7) is 4.97. The molecule has 164 valence electrons. The molecule has 1 spiro atoms. The molecule has 0 aromatic rings. The maximum atomic E-state index is 12.4. The van der Waals surface area contributed by atoms with E-state index in [0.717, 1.165) is 23.7 Å². The van der Waals surface area contributed by atoms with Gasteiger partial charge in [-0.15, -0.1) is 0 Å². The van der Waals surface area contributed by atoms with Gasteiger partial charge in [0, 0.05) is 13.0 Å². The number of hydrogen-bond acceptors (Lipinski definition) is 3. The lowest BCUT2D eigenvalue weighted by Gasteiger charge is -2.62. The predicted molar refractivity (Wildman–Crippen MR) is 114 cm³/mol. The number of ether oxygens (including phenoxy) is 2. The van der Waals surface area contributed by atoms with Crippen LogP contribution in [0.5, 0.6) is 0 Å². The standard InChI is InChI=1S/C26H42O3/c1-17(27)20-5-4-12-26-14-11-22-21(24(26)9-8-23(20)26)7-6-18-15-19(29-16-28-3)10-13-25(18,22)2/h18-24H,4-16H2,1-3H3/t18-,19+,20-,21?,22?,23+,24?,25-,26+/m0/s1. The van der Waals surface area contributed by atoms with E-state index in [0.29, 0.717) is 41.3 Å². The number of rotatable bonds is 4. The van der Waals surface area contributed by atoms with Crippen molar-refractivity contribution in [3.63, 3.8) is 0 Å². The first-order valence-electron chi connectivity index (χ1n) is 12.6. The van der Waals surface area contributed by atoms with Gasteiger partial charge in [0.1, 0.15) is 12.6 Å². The zero-order valence-corrected chi connectivity index (χ0v) is 19.0. The molecule has 3 nitrogen and oxygen atoms in total. The van der Waals surface area contributed by atoms with Crippen LogP contribution in [-0.4, -0.2) is 25.8 Å². The highest BCUT2D eigenvalue weighted by Crippen LogP contribution is 2.70. The highest BCUT2D eigenvalue weighted by molar-refractivity contribution is 5.78. The first-order chi connectivity index (χ1) is 14.0. The van der Waals surface area contributed by atoms with Crippen LogP contribution in [0.1, 0.15) is 90.9 Å². The van der Waals surface area contributed by atoms with Gasteiger partial charge in [-0.25, -0.2) is 0 Å². The van der Waals surface area contributed by atoms with E-state index in [1.54, 1.807) is 7.11 Å². The van der Waals surface area contributed by atoms with E-state index in [1.807, 2.05) is 6.92 Å². The molecule has 0 aromatic heterocycles. The molecule has 29 heavy (non-hydrogen) atoms. The van der Waals surface area contributed by atoms with Crippen molar-refractivity contribution < 1.29 is 14.3 Å². The fourth-order valence-corrected chi connectivity index (χ4v) is 9.82. The molecule has 3 unspecified atom stereocenters. The van der Waals surface area contributed by atoms with Gasteiger partial charge in [-0.1, -0.05) is 13.3 Å². The summed E-state index contributed by atoms with van der Waals surface area (Å²) in [5.41, 5.74) is 1.04. The fraction of sp³-hybridized carbons (Fsp3) is 0.962. The fourth-order valence-electron chi connectivity index (χ4n) is 9.82. The number of hydrogen-bond donors (Lipinski definition) is 0. The molecule has 0 heterocycles. The van der Waals surface area contributed by atoms with Crippen molar-refractivity contribution in [3.8, 4) is 0 Å². The topological polar surface area (TPSA) is 35.5 Å². The van der Waals surface area contributed by atoms with Gasteiger partial charge >= 0.3 is 0 Å². The lowest BCUT2D eigenvalue weighted by Crippen LogP contribution is -2.55. The molecule has 5 aliphatic rings. The van der Waals surface area contributed by atoms with Gasteiger partial charge in [-0.3, -0.25) is 4.79 Å². The minimum Gasteiger partial charge on any atom is -0.359 e. The van der Waals surface area contributed by atoms with Crippen LogP contribution < -0.4 is 0 Å². The van der Waals surface area contributed by atoms with Crippen molar-refractivity contribution in [2.24, 2.45) is 46.3 Å². The number of ketones is 1. The Kier molecular flexibility index (Phi) is 5.39. The van der Waals surface area contributed by atoms with Crippen LogP contribution in [0, 0.1) is 46.3 Å². The number of Topliss-reactive ketones (excluding diaryl/α,β-unsaturated/α-hetero) is 1. The predicted octanol–water partition coefficient (Wildman–Crippen LogP) is 6.00. The van der Waals surface area contributed by atoms with E-state index in [1.165, 1.54) is 77.0 Å². The molecule has 5 saturated carbocycles. The van der Waals surface area contributed by atoms with Gasteiger partial charge in [-0.2, -0.15) is 0 Å². The van der Waals surface area contributed by atoms with Gasteiger partial charge < -0.3 is 9.47 Å². The molecule has 5 aliphatic carbocycles. The third-order valence-corrected chi connectivity index (χ3v) is 11.0. The summed E-state index contributed by atoms with van der Waals surface area (Å²) in [5, 5.41) is 0. The van der Waals surface area contributed by atoms with Gasteiger partial charge in [0.15, 0.2) is 0 Å². The summed E-state index contributed by atoms with van der Waals surface area (Å²) in [6, 6.07) is 0. The van der Waals surface area contributed by atoms with Crippen LogP contribution in [0.2, 0.25) is 0 Å². The van der Waals surface area contributed by atoms with E-state index < -0.39 is 0 Å². The molecule has 3 heteroatoms. The normalized spacial score (nSPS) is 51.5. The van der Waals surface area contributed by atoms with Crippen LogP contribution >= 0.6 is 0 Å². The Morgan fingerprint density at radius 3 is 2.55 bits per heavy atom. The Morgan fingerprint density at radius 2 is 1.76 bits per heavy atom. The molecule has 5 fully saturated rings. The van der Waals surface area contributed by atoms with Gasteiger partial charge in [-0.05, 0) is 118 Å². The van der Waals surface area contributed by atoms with Crippen molar-refractivity contribution in [2.45, 2.75) is 97.0 Å². The van der Waals surface area contributed by atoms with E-state index in [9.17, 15) is 4.79 Å². The van der Waals surface area contributed by atoms with E-state index >= 15 is 0 Å². The minimum absolute atomic E-state index is 0.380. The molecule has 0 N–H and O–H groups in total. The molecule has 9 atom stereocenters. The van der Waals surface area contributed by atoms with Gasteiger partial charge in [0.05, 0.1) is 6.10 Å². The molecular formula is C26H42O3. The third kappa shape index (κ3) is 3.08. The summed E-state index contributed by atoms with van der Waals surface area (Å²) in [6.07, 6.45) is 16.5. The lowest BCUT2D eigenvalue weighted by molar-refractivity contribution is -0.161. The van der Waals surface area contributed by atoms with Gasteiger partial charge in [0.2, 0.25) is 0 Å². The number of methoxy groups -OCH3 is 1. The second-order valence-electron chi connectivity index (χ2n) is 11.7. The minimum atomic E-state index is 0.380. The Hall–Kier alpha value is -0.410. The van der Waals surface area contributed by atoms with Crippen molar-refractivity contribution in [1.29, 1.82) is 0 Å². The van der Waals surface area contributed by atoms with E-state index in [4.69, 9.17) is 9.47 Å². The first-order valence-corrected chi connectivity index (χ1v) is 12.6. The second-order valence-corrected chi connectivity index (χ2v) is 11.7. The lowest BCUT2D eigenvalue weighted by atomic mass is 9.43. The van der Waals surface area contributed by atoms with Crippen molar-refractivity contribution in [3.05, 3.63) is 0 Å². The number of carbonyl (C=O) groups excluding carboxylic acids is 1. The Morgan fingerprint density at radius 1 is 0.931 bits per heavy atom. The maximum absolute atomic E-state index is 12.4.